The molecule has 168 valence electrons. The van der Waals surface area contributed by atoms with E-state index in [0.717, 1.165) is 23.4 Å². The number of likely N-dealkylation sites (tertiary alicyclic amines) is 1. The molecule has 2 unspecified atom stereocenters. The lowest BCUT2D eigenvalue weighted by molar-refractivity contribution is -0.138. The first-order valence-electron chi connectivity index (χ1n) is 10.9. The van der Waals surface area contributed by atoms with Crippen LogP contribution in [0.1, 0.15) is 54.0 Å². The maximum Gasteiger partial charge on any atom is 0.417 e. The lowest BCUT2D eigenvalue weighted by Crippen LogP contribution is -2.30. The molecule has 1 aliphatic heterocycles. The molecule has 1 aromatic heterocycles. The summed E-state index contributed by atoms with van der Waals surface area (Å²) in [5.74, 6) is -0.377. The Kier molecular flexibility index (Phi) is 6.24. The highest BCUT2D eigenvalue weighted by atomic mass is 19.4. The highest BCUT2D eigenvalue weighted by Crippen LogP contribution is 2.40. The second kappa shape index (κ2) is 8.94. The van der Waals surface area contributed by atoms with Crippen molar-refractivity contribution in [1.82, 2.24) is 9.47 Å². The van der Waals surface area contributed by atoms with Gasteiger partial charge in [0.1, 0.15) is 0 Å². The number of hydrogen-bond donors (Lipinski definition) is 0. The van der Waals surface area contributed by atoms with E-state index in [1.54, 1.807) is 13.8 Å². The molecule has 0 aliphatic carbocycles. The number of rotatable bonds is 5. The number of alkyl halides is 3. The van der Waals surface area contributed by atoms with E-state index >= 15 is 0 Å². The van der Waals surface area contributed by atoms with Crippen LogP contribution in [0.4, 0.5) is 13.2 Å². The topological polar surface area (TPSA) is 25.2 Å². The highest BCUT2D eigenvalue weighted by Gasteiger charge is 2.39. The fourth-order valence-corrected chi connectivity index (χ4v) is 4.64. The number of nitrogens with zero attached hydrogens (tertiary/aromatic N) is 2. The predicted molar refractivity (Wildman–Crippen MR) is 120 cm³/mol. The Balaban J connectivity index is 1.78. The average molecular weight is 441 g/mol. The number of benzene rings is 2. The van der Waals surface area contributed by atoms with Crippen LogP contribution in [0, 0.1) is 0 Å². The average Bonchev–Trinajstić information content (AvgIpc) is 3.17. The smallest absolute Gasteiger partial charge is 0.312 e. The fraction of sp³-hybridized carbons (Fsp3) is 0.346. The van der Waals surface area contributed by atoms with Gasteiger partial charge < -0.3 is 4.57 Å². The normalized spacial score (nSPS) is 19.6. The van der Waals surface area contributed by atoms with E-state index in [2.05, 4.69) is 4.90 Å². The molecule has 0 saturated carbocycles. The molecule has 0 N–H and O–H groups in total. The quantitative estimate of drug-likeness (QED) is 0.499. The van der Waals surface area contributed by atoms with Gasteiger partial charge in [0.15, 0.2) is 0 Å². The molecule has 1 saturated heterocycles. The molecule has 0 radical (unpaired) electrons. The second-order valence-electron chi connectivity index (χ2n) is 8.79. The van der Waals surface area contributed by atoms with Crippen LogP contribution in [0.25, 0.3) is 0 Å². The first-order valence-corrected chi connectivity index (χ1v) is 10.9. The van der Waals surface area contributed by atoms with E-state index in [9.17, 15) is 18.0 Å². The van der Waals surface area contributed by atoms with Crippen LogP contribution >= 0.6 is 0 Å². The van der Waals surface area contributed by atoms with Crippen molar-refractivity contribution in [3.63, 3.8) is 0 Å². The lowest BCUT2D eigenvalue weighted by Gasteiger charge is -2.22. The Morgan fingerprint density at radius 2 is 1.53 bits per heavy atom. The summed E-state index contributed by atoms with van der Waals surface area (Å²) in [4.78, 5) is 15.5. The first-order chi connectivity index (χ1) is 15.2. The van der Waals surface area contributed by atoms with Gasteiger partial charge in [-0.1, -0.05) is 60.7 Å². The van der Waals surface area contributed by atoms with E-state index < -0.39 is 11.7 Å². The van der Waals surface area contributed by atoms with Crippen molar-refractivity contribution in [2.75, 3.05) is 13.1 Å². The summed E-state index contributed by atoms with van der Waals surface area (Å²) in [5.41, 5.74) is 1.33. The standard InChI is InChI=1S/C26H27F3N2O/c1-18(2)31-15-21(26(27,28)29)13-22(25(31)32)24-17-30(14-19-9-5-3-6-10-19)16-23(24)20-11-7-4-8-12-20/h3-13,15,18,23-24H,14,16-17H2,1-2H3. The van der Waals surface area contributed by atoms with Gasteiger partial charge in [-0.15, -0.1) is 0 Å². The predicted octanol–water partition coefficient (Wildman–Crippen LogP) is 5.83. The zero-order chi connectivity index (χ0) is 22.9. The molecule has 1 aliphatic rings. The van der Waals surface area contributed by atoms with Crippen LogP contribution < -0.4 is 5.56 Å². The van der Waals surface area contributed by atoms with Gasteiger partial charge in [0.25, 0.3) is 5.56 Å². The number of aromatic nitrogens is 1. The Hall–Kier alpha value is -2.86. The van der Waals surface area contributed by atoms with Crippen LogP contribution in [-0.2, 0) is 12.7 Å². The maximum absolute atomic E-state index is 13.7. The summed E-state index contributed by atoms with van der Waals surface area (Å²) >= 11 is 0. The third kappa shape index (κ3) is 4.65. The third-order valence-electron chi connectivity index (χ3n) is 6.23. The van der Waals surface area contributed by atoms with E-state index in [-0.39, 0.29) is 29.0 Å². The van der Waals surface area contributed by atoms with Crippen LogP contribution in [0.5, 0.6) is 0 Å². The molecule has 0 amide bonds. The van der Waals surface area contributed by atoms with E-state index in [4.69, 9.17) is 0 Å². The van der Waals surface area contributed by atoms with Gasteiger partial charge in [-0.05, 0) is 31.0 Å². The van der Waals surface area contributed by atoms with Gasteiger partial charge in [-0.25, -0.2) is 0 Å². The summed E-state index contributed by atoms with van der Waals surface area (Å²) in [6, 6.07) is 20.5. The summed E-state index contributed by atoms with van der Waals surface area (Å²) in [7, 11) is 0. The molecule has 6 heteroatoms. The van der Waals surface area contributed by atoms with Crippen molar-refractivity contribution < 1.29 is 13.2 Å². The van der Waals surface area contributed by atoms with E-state index in [1.165, 1.54) is 4.57 Å². The van der Waals surface area contributed by atoms with E-state index in [0.29, 0.717) is 19.6 Å². The van der Waals surface area contributed by atoms with Gasteiger partial charge in [0, 0.05) is 49.3 Å². The number of hydrogen-bond acceptors (Lipinski definition) is 2. The van der Waals surface area contributed by atoms with E-state index in [1.807, 2.05) is 60.7 Å². The lowest BCUT2D eigenvalue weighted by atomic mass is 9.84. The molecule has 2 heterocycles. The van der Waals surface area contributed by atoms with Gasteiger partial charge >= 0.3 is 6.18 Å². The minimum atomic E-state index is -4.51. The zero-order valence-electron chi connectivity index (χ0n) is 18.2. The monoisotopic (exact) mass is 440 g/mol. The fourth-order valence-electron chi connectivity index (χ4n) is 4.64. The van der Waals surface area contributed by atoms with Gasteiger partial charge in [0.2, 0.25) is 0 Å². The summed E-state index contributed by atoms with van der Waals surface area (Å²) in [6.07, 6.45) is -3.56. The van der Waals surface area contributed by atoms with Crippen molar-refractivity contribution in [2.45, 2.75) is 44.4 Å². The van der Waals surface area contributed by atoms with Crippen molar-refractivity contribution in [1.29, 1.82) is 0 Å². The van der Waals surface area contributed by atoms with Gasteiger partial charge in [-0.3, -0.25) is 9.69 Å². The molecule has 2 aromatic carbocycles. The SMILES string of the molecule is CC(C)n1cc(C(F)(F)F)cc(C2CN(Cc3ccccc3)CC2c2ccccc2)c1=O. The van der Waals surface area contributed by atoms with Crippen molar-refractivity contribution in [2.24, 2.45) is 0 Å². The molecule has 3 nitrogen and oxygen atoms in total. The molecule has 4 rings (SSSR count). The molecule has 0 bridgehead atoms. The molecular weight excluding hydrogens is 413 g/mol. The van der Waals surface area contributed by atoms with Crippen LogP contribution in [0.3, 0.4) is 0 Å². The molecule has 0 spiro atoms. The molecule has 1 fully saturated rings. The summed E-state index contributed by atoms with van der Waals surface area (Å²) < 4.78 is 42.3. The van der Waals surface area contributed by atoms with Crippen LogP contribution in [0.15, 0.2) is 77.7 Å². The molecule has 2 atom stereocenters. The van der Waals surface area contributed by atoms with Crippen LogP contribution in [0.2, 0.25) is 0 Å². The largest absolute Gasteiger partial charge is 0.417 e. The highest BCUT2D eigenvalue weighted by molar-refractivity contribution is 5.33. The minimum Gasteiger partial charge on any atom is -0.312 e. The Bertz CT molecular complexity index is 1110. The Labute approximate surface area is 186 Å². The summed E-state index contributed by atoms with van der Waals surface area (Å²) in [6.45, 7) is 5.37. The van der Waals surface area contributed by atoms with Crippen molar-refractivity contribution >= 4 is 0 Å². The molecule has 32 heavy (non-hydrogen) atoms. The Morgan fingerprint density at radius 1 is 0.938 bits per heavy atom. The van der Waals surface area contributed by atoms with Crippen LogP contribution in [-0.4, -0.2) is 22.6 Å². The number of halogens is 3. The Morgan fingerprint density at radius 3 is 2.12 bits per heavy atom. The van der Waals surface area contributed by atoms with Crippen molar-refractivity contribution in [3.8, 4) is 0 Å². The molecule has 3 aromatic rings. The van der Waals surface area contributed by atoms with Gasteiger partial charge in [-0.2, -0.15) is 13.2 Å². The molecular formula is C26H27F3N2O. The second-order valence-corrected chi connectivity index (χ2v) is 8.79. The zero-order valence-corrected chi connectivity index (χ0v) is 18.2. The third-order valence-corrected chi connectivity index (χ3v) is 6.23. The van der Waals surface area contributed by atoms with Crippen molar-refractivity contribution in [3.05, 3.63) is 106 Å². The number of pyridine rings is 1. The van der Waals surface area contributed by atoms with Gasteiger partial charge in [0.05, 0.1) is 5.56 Å². The maximum atomic E-state index is 13.7. The first kappa shape index (κ1) is 22.3. The minimum absolute atomic E-state index is 0.0586. The summed E-state index contributed by atoms with van der Waals surface area (Å²) in [5, 5.41) is 0.